The Hall–Kier alpha value is -1.57. The van der Waals surface area contributed by atoms with E-state index in [2.05, 4.69) is 4.98 Å². The Morgan fingerprint density at radius 1 is 1.50 bits per heavy atom. The van der Waals surface area contributed by atoms with Gasteiger partial charge in [0.05, 0.1) is 23.2 Å². The zero-order valence-corrected chi connectivity index (χ0v) is 7.34. The summed E-state index contributed by atoms with van der Waals surface area (Å²) in [6, 6.07) is 3.86. The number of alkyl halides is 3. The summed E-state index contributed by atoms with van der Waals surface area (Å²) in [4.78, 5) is 3.57. The lowest BCUT2D eigenvalue weighted by Crippen LogP contribution is -2.11. The van der Waals surface area contributed by atoms with Crippen LogP contribution in [0.1, 0.15) is 24.1 Å². The summed E-state index contributed by atoms with van der Waals surface area (Å²) in [6.45, 7) is 1.39. The smallest absolute Gasteiger partial charge is 0.259 e. The Kier molecular flexibility index (Phi) is 2.75. The Morgan fingerprint density at radius 2 is 2.14 bits per heavy atom. The molecular formula is C9H7F3N2. The number of halogens is 3. The Labute approximate surface area is 79.0 Å². The van der Waals surface area contributed by atoms with Gasteiger partial charge in [-0.3, -0.25) is 4.98 Å². The van der Waals surface area contributed by atoms with Crippen molar-refractivity contribution in [3.05, 3.63) is 29.6 Å². The topological polar surface area (TPSA) is 36.7 Å². The molecule has 0 aliphatic rings. The lowest BCUT2D eigenvalue weighted by molar-refractivity contribution is -0.138. The highest BCUT2D eigenvalue weighted by Gasteiger charge is 2.35. The Balaban J connectivity index is 3.25. The number of hydrogen-bond acceptors (Lipinski definition) is 2. The molecule has 5 heteroatoms. The van der Waals surface area contributed by atoms with Gasteiger partial charge in [0.25, 0.3) is 0 Å². The maximum Gasteiger partial charge on any atom is 0.418 e. The van der Waals surface area contributed by atoms with Gasteiger partial charge in [-0.25, -0.2) is 0 Å². The van der Waals surface area contributed by atoms with Crippen LogP contribution in [-0.2, 0) is 6.18 Å². The van der Waals surface area contributed by atoms with Crippen LogP contribution in [0.3, 0.4) is 0 Å². The SMILES string of the molecule is CC(C#N)c1ncccc1C(F)(F)F. The van der Waals surface area contributed by atoms with Crippen molar-refractivity contribution in [2.24, 2.45) is 0 Å². The molecule has 1 aromatic heterocycles. The third kappa shape index (κ3) is 2.02. The van der Waals surface area contributed by atoms with Crippen LogP contribution in [0.15, 0.2) is 18.3 Å². The molecule has 14 heavy (non-hydrogen) atoms. The van der Waals surface area contributed by atoms with Crippen LogP contribution in [0.4, 0.5) is 13.2 Å². The zero-order valence-electron chi connectivity index (χ0n) is 7.34. The van der Waals surface area contributed by atoms with Crippen molar-refractivity contribution in [3.63, 3.8) is 0 Å². The Bertz CT molecular complexity index is 365. The second-order valence-electron chi connectivity index (χ2n) is 2.78. The molecule has 1 heterocycles. The van der Waals surface area contributed by atoms with Crippen molar-refractivity contribution in [2.45, 2.75) is 19.0 Å². The predicted molar refractivity (Wildman–Crippen MR) is 43.3 cm³/mol. The first-order valence-corrected chi connectivity index (χ1v) is 3.88. The number of rotatable bonds is 1. The van der Waals surface area contributed by atoms with Crippen LogP contribution in [0.5, 0.6) is 0 Å². The standard InChI is InChI=1S/C9H7F3N2/c1-6(5-13)8-7(9(10,11)12)3-2-4-14-8/h2-4,6H,1H3. The zero-order chi connectivity index (χ0) is 10.8. The van der Waals surface area contributed by atoms with Gasteiger partial charge in [0, 0.05) is 6.20 Å². The summed E-state index contributed by atoms with van der Waals surface area (Å²) in [5.41, 5.74) is -1.06. The fourth-order valence-electron chi connectivity index (χ4n) is 1.06. The molecule has 0 spiro atoms. The van der Waals surface area contributed by atoms with Crippen molar-refractivity contribution in [1.82, 2.24) is 4.98 Å². The monoisotopic (exact) mass is 200 g/mol. The van der Waals surface area contributed by atoms with Crippen molar-refractivity contribution in [1.29, 1.82) is 5.26 Å². The maximum atomic E-state index is 12.4. The number of aromatic nitrogens is 1. The third-order valence-corrected chi connectivity index (χ3v) is 1.75. The minimum Gasteiger partial charge on any atom is -0.259 e. The van der Waals surface area contributed by atoms with Crippen molar-refractivity contribution < 1.29 is 13.2 Å². The van der Waals surface area contributed by atoms with Gasteiger partial charge >= 0.3 is 6.18 Å². The van der Waals surface area contributed by atoms with Gasteiger partial charge in [-0.15, -0.1) is 0 Å². The van der Waals surface area contributed by atoms with Gasteiger partial charge in [-0.1, -0.05) is 0 Å². The van der Waals surface area contributed by atoms with E-state index in [1.54, 1.807) is 6.07 Å². The molecule has 0 bridgehead atoms. The van der Waals surface area contributed by atoms with Gasteiger partial charge in [-0.2, -0.15) is 18.4 Å². The molecule has 0 aliphatic carbocycles. The number of pyridine rings is 1. The van der Waals surface area contributed by atoms with Crippen LogP contribution < -0.4 is 0 Å². The first-order valence-electron chi connectivity index (χ1n) is 3.88. The summed E-state index contributed by atoms with van der Waals surface area (Å²) in [5.74, 6) is -0.854. The molecule has 0 amide bonds. The minimum absolute atomic E-state index is 0.220. The van der Waals surface area contributed by atoms with Gasteiger partial charge in [-0.05, 0) is 19.1 Å². The van der Waals surface area contributed by atoms with E-state index in [-0.39, 0.29) is 5.69 Å². The fourth-order valence-corrected chi connectivity index (χ4v) is 1.06. The first-order chi connectivity index (χ1) is 6.46. The number of hydrogen-bond donors (Lipinski definition) is 0. The molecule has 0 aromatic carbocycles. The maximum absolute atomic E-state index is 12.4. The lowest BCUT2D eigenvalue weighted by Gasteiger charge is -2.12. The normalized spacial score (nSPS) is 13.4. The summed E-state index contributed by atoms with van der Waals surface area (Å²) >= 11 is 0. The average molecular weight is 200 g/mol. The van der Waals surface area contributed by atoms with E-state index in [4.69, 9.17) is 5.26 Å². The third-order valence-electron chi connectivity index (χ3n) is 1.75. The van der Waals surface area contributed by atoms with Gasteiger partial charge in [0.2, 0.25) is 0 Å². The number of nitriles is 1. The van der Waals surface area contributed by atoms with Crippen molar-refractivity contribution in [2.75, 3.05) is 0 Å². The molecule has 0 saturated carbocycles. The lowest BCUT2D eigenvalue weighted by atomic mass is 10.0. The molecule has 1 unspecified atom stereocenters. The summed E-state index contributed by atoms with van der Waals surface area (Å²) in [5, 5.41) is 8.52. The van der Waals surface area contributed by atoms with E-state index >= 15 is 0 Å². The van der Waals surface area contributed by atoms with Crippen LogP contribution in [-0.4, -0.2) is 4.98 Å². The van der Waals surface area contributed by atoms with Crippen molar-refractivity contribution in [3.8, 4) is 6.07 Å². The molecular weight excluding hydrogens is 193 g/mol. The fraction of sp³-hybridized carbons (Fsp3) is 0.333. The molecule has 2 nitrogen and oxygen atoms in total. The summed E-state index contributed by atoms with van der Waals surface area (Å²) in [7, 11) is 0. The van der Waals surface area contributed by atoms with E-state index in [9.17, 15) is 13.2 Å². The van der Waals surface area contributed by atoms with E-state index in [0.29, 0.717) is 0 Å². The van der Waals surface area contributed by atoms with E-state index in [1.165, 1.54) is 19.2 Å². The van der Waals surface area contributed by atoms with E-state index in [0.717, 1.165) is 6.07 Å². The Morgan fingerprint density at radius 3 is 2.64 bits per heavy atom. The van der Waals surface area contributed by atoms with Gasteiger partial charge in [0.15, 0.2) is 0 Å². The van der Waals surface area contributed by atoms with E-state index in [1.807, 2.05) is 0 Å². The summed E-state index contributed by atoms with van der Waals surface area (Å²) < 4.78 is 37.2. The quantitative estimate of drug-likeness (QED) is 0.698. The largest absolute Gasteiger partial charge is 0.418 e. The van der Waals surface area contributed by atoms with Crippen molar-refractivity contribution >= 4 is 0 Å². The van der Waals surface area contributed by atoms with Gasteiger partial charge < -0.3 is 0 Å². The highest BCUT2D eigenvalue weighted by Crippen LogP contribution is 2.33. The molecule has 0 N–H and O–H groups in total. The van der Waals surface area contributed by atoms with Crippen LogP contribution in [0.2, 0.25) is 0 Å². The predicted octanol–water partition coefficient (Wildman–Crippen LogP) is 2.73. The molecule has 0 radical (unpaired) electrons. The van der Waals surface area contributed by atoms with Crippen LogP contribution in [0, 0.1) is 11.3 Å². The molecule has 0 aliphatic heterocycles. The average Bonchev–Trinajstić information content (AvgIpc) is 2.15. The second-order valence-corrected chi connectivity index (χ2v) is 2.78. The number of nitrogens with zero attached hydrogens (tertiary/aromatic N) is 2. The minimum atomic E-state index is -4.45. The molecule has 1 aromatic rings. The molecule has 74 valence electrons. The van der Waals surface area contributed by atoms with E-state index < -0.39 is 17.7 Å². The molecule has 0 saturated heterocycles. The second kappa shape index (κ2) is 3.66. The summed E-state index contributed by atoms with van der Waals surface area (Å²) in [6.07, 6.45) is -3.20. The highest BCUT2D eigenvalue weighted by atomic mass is 19.4. The van der Waals surface area contributed by atoms with Crippen LogP contribution in [0.25, 0.3) is 0 Å². The molecule has 1 atom stereocenters. The van der Waals surface area contributed by atoms with Gasteiger partial charge in [0.1, 0.15) is 0 Å². The molecule has 1 rings (SSSR count). The molecule has 0 fully saturated rings. The first kappa shape index (κ1) is 10.5. The highest BCUT2D eigenvalue weighted by molar-refractivity contribution is 5.28. The van der Waals surface area contributed by atoms with Crippen LogP contribution >= 0.6 is 0 Å².